The Labute approximate surface area is 130 Å². The summed E-state index contributed by atoms with van der Waals surface area (Å²) < 4.78 is 4.89. The second-order valence-corrected chi connectivity index (χ2v) is 5.78. The van der Waals surface area contributed by atoms with Gasteiger partial charge in [0.05, 0.1) is 7.11 Å². The van der Waals surface area contributed by atoms with Crippen LogP contribution in [0.5, 0.6) is 0 Å². The Morgan fingerprint density at radius 2 is 2.10 bits per heavy atom. The first-order valence-electron chi connectivity index (χ1n) is 8.43. The Balaban J connectivity index is 2.37. The lowest BCUT2D eigenvalue weighted by atomic mass is 10.2. The van der Waals surface area contributed by atoms with Crippen LogP contribution in [0, 0.1) is 0 Å². The molecule has 1 fully saturated rings. The molecule has 0 spiro atoms. The van der Waals surface area contributed by atoms with Crippen LogP contribution in [-0.2, 0) is 9.53 Å². The molecule has 2 atom stereocenters. The fourth-order valence-electron chi connectivity index (χ4n) is 3.13. The van der Waals surface area contributed by atoms with Crippen molar-refractivity contribution in [3.63, 3.8) is 0 Å². The van der Waals surface area contributed by atoms with Gasteiger partial charge in [-0.3, -0.25) is 9.69 Å². The van der Waals surface area contributed by atoms with E-state index in [1.165, 1.54) is 13.5 Å². The van der Waals surface area contributed by atoms with E-state index in [9.17, 15) is 4.79 Å². The summed E-state index contributed by atoms with van der Waals surface area (Å²) in [6, 6.07) is 0.516. The molecule has 0 saturated carbocycles. The van der Waals surface area contributed by atoms with E-state index in [0.29, 0.717) is 6.04 Å². The van der Waals surface area contributed by atoms with E-state index >= 15 is 0 Å². The largest absolute Gasteiger partial charge is 0.468 e. The van der Waals surface area contributed by atoms with Gasteiger partial charge in [-0.2, -0.15) is 0 Å². The van der Waals surface area contributed by atoms with Crippen molar-refractivity contribution in [3.05, 3.63) is 0 Å². The second kappa shape index (κ2) is 10.1. The molecule has 0 aromatic carbocycles. The van der Waals surface area contributed by atoms with E-state index in [1.807, 2.05) is 0 Å². The molecule has 0 aromatic heterocycles. The van der Waals surface area contributed by atoms with Crippen molar-refractivity contribution in [1.29, 1.82) is 0 Å². The van der Waals surface area contributed by atoms with Crippen LogP contribution in [0.15, 0.2) is 0 Å². The van der Waals surface area contributed by atoms with Crippen molar-refractivity contribution in [1.82, 2.24) is 15.1 Å². The van der Waals surface area contributed by atoms with E-state index in [-0.39, 0.29) is 12.0 Å². The third-order valence-corrected chi connectivity index (χ3v) is 4.44. The molecule has 5 heteroatoms. The van der Waals surface area contributed by atoms with Gasteiger partial charge in [0.2, 0.25) is 0 Å². The third-order valence-electron chi connectivity index (χ3n) is 4.44. The van der Waals surface area contributed by atoms with Gasteiger partial charge in [0.1, 0.15) is 6.04 Å². The Hall–Kier alpha value is -0.650. The number of nitrogens with zero attached hydrogens (tertiary/aromatic N) is 2. The second-order valence-electron chi connectivity index (χ2n) is 5.78. The van der Waals surface area contributed by atoms with Gasteiger partial charge < -0.3 is 15.0 Å². The fourth-order valence-corrected chi connectivity index (χ4v) is 3.13. The number of nitrogens with one attached hydrogen (secondary N) is 1. The molecule has 0 aromatic rings. The van der Waals surface area contributed by atoms with Crippen LogP contribution in [0.25, 0.3) is 0 Å². The van der Waals surface area contributed by atoms with Crippen molar-refractivity contribution in [2.75, 3.05) is 46.4 Å². The lowest BCUT2D eigenvalue weighted by Gasteiger charge is -2.26. The average molecular weight is 299 g/mol. The topological polar surface area (TPSA) is 44.8 Å². The Morgan fingerprint density at radius 1 is 1.38 bits per heavy atom. The maximum absolute atomic E-state index is 11.8. The summed E-state index contributed by atoms with van der Waals surface area (Å²) in [5, 5.41) is 3.29. The van der Waals surface area contributed by atoms with Crippen LogP contribution in [-0.4, -0.2) is 74.2 Å². The monoisotopic (exact) mass is 299 g/mol. The first-order chi connectivity index (χ1) is 10.2. The molecule has 2 unspecified atom stereocenters. The number of likely N-dealkylation sites (tertiary alicyclic amines) is 1. The van der Waals surface area contributed by atoms with E-state index in [1.54, 1.807) is 0 Å². The van der Waals surface area contributed by atoms with E-state index in [4.69, 9.17) is 4.74 Å². The molecule has 21 heavy (non-hydrogen) atoms. The molecular formula is C16H33N3O2. The fraction of sp³-hybridized carbons (Fsp3) is 0.938. The number of esters is 1. The van der Waals surface area contributed by atoms with Crippen LogP contribution in [0.4, 0.5) is 0 Å². The molecule has 124 valence electrons. The molecule has 1 N–H and O–H groups in total. The summed E-state index contributed by atoms with van der Waals surface area (Å²) in [4.78, 5) is 16.8. The number of hydrogen-bond donors (Lipinski definition) is 1. The number of carbonyl (C=O) groups excluding carboxylic acids is 1. The lowest BCUT2D eigenvalue weighted by molar-refractivity contribution is -0.143. The summed E-state index contributed by atoms with van der Waals surface area (Å²) in [6.45, 7) is 12.9. The maximum atomic E-state index is 11.8. The molecule has 0 radical (unpaired) electrons. The summed E-state index contributed by atoms with van der Waals surface area (Å²) in [6.07, 6.45) is 3.10. The highest BCUT2D eigenvalue weighted by Gasteiger charge is 2.27. The van der Waals surface area contributed by atoms with Crippen LogP contribution >= 0.6 is 0 Å². The zero-order valence-electron chi connectivity index (χ0n) is 14.2. The van der Waals surface area contributed by atoms with Crippen molar-refractivity contribution in [3.8, 4) is 0 Å². The van der Waals surface area contributed by atoms with E-state index in [2.05, 4.69) is 35.9 Å². The predicted molar refractivity (Wildman–Crippen MR) is 86.5 cm³/mol. The van der Waals surface area contributed by atoms with Gasteiger partial charge in [0.15, 0.2) is 0 Å². The summed E-state index contributed by atoms with van der Waals surface area (Å²) in [5.74, 6) is -0.136. The van der Waals surface area contributed by atoms with Gasteiger partial charge >= 0.3 is 5.97 Å². The normalized spacial score (nSPS) is 20.9. The summed E-state index contributed by atoms with van der Waals surface area (Å²) >= 11 is 0. The highest BCUT2D eigenvalue weighted by Crippen LogP contribution is 2.16. The van der Waals surface area contributed by atoms with Crippen LogP contribution in [0.1, 0.15) is 40.0 Å². The zero-order valence-corrected chi connectivity index (χ0v) is 14.2. The molecule has 1 rings (SSSR count). The van der Waals surface area contributed by atoms with Crippen molar-refractivity contribution >= 4 is 5.97 Å². The Bertz CT molecular complexity index is 295. The van der Waals surface area contributed by atoms with Crippen LogP contribution in [0.3, 0.4) is 0 Å². The van der Waals surface area contributed by atoms with Crippen molar-refractivity contribution < 1.29 is 9.53 Å². The SMILES string of the molecule is CCCNC(CCN1CCC(N(CC)CC)C1)C(=O)OC. The Kier molecular flexibility index (Phi) is 8.88. The molecule has 1 saturated heterocycles. The molecule has 1 heterocycles. The highest BCUT2D eigenvalue weighted by atomic mass is 16.5. The van der Waals surface area contributed by atoms with Crippen molar-refractivity contribution in [2.45, 2.75) is 52.1 Å². The third kappa shape index (κ3) is 5.93. The number of ether oxygens (including phenoxy) is 1. The smallest absolute Gasteiger partial charge is 0.322 e. The van der Waals surface area contributed by atoms with Gasteiger partial charge in [-0.15, -0.1) is 0 Å². The molecule has 0 bridgehead atoms. The van der Waals surface area contributed by atoms with E-state index in [0.717, 1.165) is 52.1 Å². The van der Waals surface area contributed by atoms with Crippen LogP contribution < -0.4 is 5.32 Å². The van der Waals surface area contributed by atoms with Crippen molar-refractivity contribution in [2.24, 2.45) is 0 Å². The number of likely N-dealkylation sites (N-methyl/N-ethyl adjacent to an activating group) is 1. The number of methoxy groups -OCH3 is 1. The first-order valence-corrected chi connectivity index (χ1v) is 8.43. The van der Waals surface area contributed by atoms with Gasteiger partial charge in [0, 0.05) is 19.1 Å². The minimum Gasteiger partial charge on any atom is -0.468 e. The average Bonchev–Trinajstić information content (AvgIpc) is 2.96. The maximum Gasteiger partial charge on any atom is 0.322 e. The molecular weight excluding hydrogens is 266 g/mol. The number of rotatable bonds is 10. The van der Waals surface area contributed by atoms with Gasteiger partial charge in [-0.05, 0) is 45.4 Å². The molecule has 1 aliphatic heterocycles. The number of hydrogen-bond acceptors (Lipinski definition) is 5. The van der Waals surface area contributed by atoms with E-state index < -0.39 is 0 Å². The summed E-state index contributed by atoms with van der Waals surface area (Å²) in [7, 11) is 1.47. The van der Waals surface area contributed by atoms with Gasteiger partial charge in [0.25, 0.3) is 0 Å². The minimum absolute atomic E-state index is 0.136. The molecule has 0 aliphatic carbocycles. The minimum atomic E-state index is -0.164. The number of carbonyl (C=O) groups is 1. The highest BCUT2D eigenvalue weighted by molar-refractivity contribution is 5.75. The molecule has 1 aliphatic rings. The standard InChI is InChI=1S/C16H33N3O2/c1-5-10-17-15(16(20)21-4)9-12-18-11-8-14(13-18)19(6-2)7-3/h14-15,17H,5-13H2,1-4H3. The molecule has 0 amide bonds. The Morgan fingerprint density at radius 3 is 2.67 bits per heavy atom. The quantitative estimate of drug-likeness (QED) is 0.617. The molecule has 5 nitrogen and oxygen atoms in total. The lowest BCUT2D eigenvalue weighted by Crippen LogP contribution is -2.41. The predicted octanol–water partition coefficient (Wildman–Crippen LogP) is 1.33. The van der Waals surface area contributed by atoms with Gasteiger partial charge in [-0.1, -0.05) is 20.8 Å². The zero-order chi connectivity index (χ0) is 15.7. The van der Waals surface area contributed by atoms with Gasteiger partial charge in [-0.25, -0.2) is 0 Å². The summed E-state index contributed by atoms with van der Waals surface area (Å²) in [5.41, 5.74) is 0. The van der Waals surface area contributed by atoms with Crippen LogP contribution in [0.2, 0.25) is 0 Å². The first kappa shape index (κ1) is 18.4.